The Kier molecular flexibility index (Phi) is 4.18. The lowest BCUT2D eigenvalue weighted by atomic mass is 10.1. The first kappa shape index (κ1) is 19.0. The number of rotatable bonds is 4. The molecule has 5 aromatic rings. The number of para-hydroxylation sites is 1. The van der Waals surface area contributed by atoms with Gasteiger partial charge in [-0.15, -0.1) is 0 Å². The van der Waals surface area contributed by atoms with Gasteiger partial charge in [0.25, 0.3) is 5.91 Å². The Bertz CT molecular complexity index is 1550. The number of aryl methyl sites for hydroxylation is 1. The molecule has 0 spiro atoms. The molecule has 0 radical (unpaired) electrons. The van der Waals surface area contributed by atoms with Gasteiger partial charge < -0.3 is 15.3 Å². The molecule has 0 aliphatic carbocycles. The average Bonchev–Trinajstić information content (AvgIpc) is 3.26. The van der Waals surface area contributed by atoms with Crippen molar-refractivity contribution in [1.82, 2.24) is 24.1 Å². The first-order valence-electron chi connectivity index (χ1n) is 10.2. The predicted octanol–water partition coefficient (Wildman–Crippen LogP) is 3.59. The minimum absolute atomic E-state index is 0.00702. The van der Waals surface area contributed by atoms with Gasteiger partial charge in [0, 0.05) is 40.0 Å². The molecule has 8 nitrogen and oxygen atoms in total. The van der Waals surface area contributed by atoms with Gasteiger partial charge >= 0.3 is 5.69 Å². The zero-order chi connectivity index (χ0) is 21.9. The third-order valence-corrected chi connectivity index (χ3v) is 5.67. The van der Waals surface area contributed by atoms with Crippen LogP contribution >= 0.6 is 0 Å². The van der Waals surface area contributed by atoms with E-state index in [4.69, 9.17) is 5.73 Å². The Morgan fingerprint density at radius 3 is 2.55 bits per heavy atom. The Balaban J connectivity index is 1.83. The van der Waals surface area contributed by atoms with Gasteiger partial charge in [-0.25, -0.2) is 14.8 Å². The quantitative estimate of drug-likeness (QED) is 0.468. The number of nitrogens with zero attached hydrogens (tertiary/aromatic N) is 4. The standard InChI is InChI=1S/C23H22N6O2/c1-4-28-16-8-6-5-7-14(16)15-11-13(9-10-17(15)28)21-25-18(20(24)30)19-22(27-21)29(12(2)3)23(31)26-19/h5-12H,4H2,1-3H3,(H2,24,30)(H,26,31). The van der Waals surface area contributed by atoms with Gasteiger partial charge in [-0.2, -0.15) is 0 Å². The molecule has 0 unspecified atom stereocenters. The smallest absolute Gasteiger partial charge is 0.327 e. The van der Waals surface area contributed by atoms with E-state index in [2.05, 4.69) is 38.6 Å². The molecule has 0 saturated heterocycles. The van der Waals surface area contributed by atoms with E-state index in [1.807, 2.05) is 44.2 Å². The van der Waals surface area contributed by atoms with E-state index in [1.54, 1.807) is 0 Å². The number of aromatic amines is 1. The second-order valence-electron chi connectivity index (χ2n) is 7.85. The van der Waals surface area contributed by atoms with E-state index in [0.717, 1.165) is 33.9 Å². The number of carbonyl (C=O) groups is 1. The molecule has 0 aliphatic rings. The van der Waals surface area contributed by atoms with Crippen molar-refractivity contribution in [3.63, 3.8) is 0 Å². The van der Waals surface area contributed by atoms with Crippen LogP contribution < -0.4 is 11.4 Å². The number of aromatic nitrogens is 5. The molecule has 3 N–H and O–H groups in total. The van der Waals surface area contributed by atoms with Gasteiger partial charge in [-0.05, 0) is 45.0 Å². The largest absolute Gasteiger partial charge is 0.364 e. The van der Waals surface area contributed by atoms with Crippen molar-refractivity contribution >= 4 is 38.9 Å². The molecule has 0 saturated carbocycles. The van der Waals surface area contributed by atoms with Crippen LogP contribution in [0, 0.1) is 0 Å². The van der Waals surface area contributed by atoms with Crippen molar-refractivity contribution in [2.45, 2.75) is 33.4 Å². The lowest BCUT2D eigenvalue weighted by molar-refractivity contribution is 0.0997. The molecule has 156 valence electrons. The maximum atomic E-state index is 12.4. The third kappa shape index (κ3) is 2.75. The van der Waals surface area contributed by atoms with Crippen molar-refractivity contribution in [3.8, 4) is 11.4 Å². The van der Waals surface area contributed by atoms with Gasteiger partial charge in [0.05, 0.1) is 0 Å². The molecular formula is C23H22N6O2. The van der Waals surface area contributed by atoms with Crippen LogP contribution in [0.1, 0.15) is 37.3 Å². The zero-order valence-electron chi connectivity index (χ0n) is 17.5. The molecule has 3 aromatic heterocycles. The second kappa shape index (κ2) is 6.80. The molecule has 2 aromatic carbocycles. The van der Waals surface area contributed by atoms with Crippen LogP contribution in [0.5, 0.6) is 0 Å². The number of nitrogens with one attached hydrogen (secondary N) is 1. The van der Waals surface area contributed by atoms with Crippen molar-refractivity contribution < 1.29 is 4.79 Å². The van der Waals surface area contributed by atoms with E-state index >= 15 is 0 Å². The highest BCUT2D eigenvalue weighted by atomic mass is 16.2. The molecular weight excluding hydrogens is 392 g/mol. The number of hydrogen-bond acceptors (Lipinski definition) is 4. The van der Waals surface area contributed by atoms with Crippen LogP contribution in [0.15, 0.2) is 47.3 Å². The van der Waals surface area contributed by atoms with Crippen LogP contribution in [0.2, 0.25) is 0 Å². The predicted molar refractivity (Wildman–Crippen MR) is 121 cm³/mol. The number of imidazole rings is 1. The molecule has 0 aliphatic heterocycles. The number of amides is 1. The van der Waals surface area contributed by atoms with Gasteiger partial charge in [0.1, 0.15) is 5.52 Å². The molecule has 5 rings (SSSR count). The van der Waals surface area contributed by atoms with E-state index < -0.39 is 5.91 Å². The lowest BCUT2D eigenvalue weighted by Crippen LogP contribution is -2.18. The fraction of sp³-hybridized carbons (Fsp3) is 0.217. The minimum Gasteiger partial charge on any atom is -0.364 e. The van der Waals surface area contributed by atoms with Gasteiger partial charge in [-0.3, -0.25) is 9.36 Å². The van der Waals surface area contributed by atoms with Crippen LogP contribution in [-0.2, 0) is 6.54 Å². The van der Waals surface area contributed by atoms with Gasteiger partial charge in [0.15, 0.2) is 17.2 Å². The number of H-pyrrole nitrogens is 1. The van der Waals surface area contributed by atoms with Crippen molar-refractivity contribution in [1.29, 1.82) is 0 Å². The summed E-state index contributed by atoms with van der Waals surface area (Å²) in [5.74, 6) is -0.362. The zero-order valence-corrected chi connectivity index (χ0v) is 17.5. The highest BCUT2D eigenvalue weighted by molar-refractivity contribution is 6.09. The summed E-state index contributed by atoms with van der Waals surface area (Å²) in [5, 5.41) is 2.22. The summed E-state index contributed by atoms with van der Waals surface area (Å²) in [6.07, 6.45) is 0. The lowest BCUT2D eigenvalue weighted by Gasteiger charge is -2.09. The summed E-state index contributed by atoms with van der Waals surface area (Å²) in [6, 6.07) is 14.1. The van der Waals surface area contributed by atoms with Crippen LogP contribution in [0.4, 0.5) is 0 Å². The number of primary amides is 1. The number of fused-ring (bicyclic) bond motifs is 4. The van der Waals surface area contributed by atoms with Gasteiger partial charge in [0.2, 0.25) is 0 Å². The highest BCUT2D eigenvalue weighted by Crippen LogP contribution is 2.32. The van der Waals surface area contributed by atoms with Crippen LogP contribution in [0.3, 0.4) is 0 Å². The molecule has 31 heavy (non-hydrogen) atoms. The number of benzene rings is 2. The van der Waals surface area contributed by atoms with E-state index in [-0.39, 0.29) is 22.9 Å². The molecule has 0 fully saturated rings. The van der Waals surface area contributed by atoms with Crippen LogP contribution in [-0.4, -0.2) is 30.0 Å². The maximum Gasteiger partial charge on any atom is 0.327 e. The molecule has 8 heteroatoms. The Morgan fingerprint density at radius 2 is 1.84 bits per heavy atom. The topological polar surface area (TPSA) is 112 Å². The first-order valence-corrected chi connectivity index (χ1v) is 10.2. The Hall–Kier alpha value is -3.94. The highest BCUT2D eigenvalue weighted by Gasteiger charge is 2.21. The van der Waals surface area contributed by atoms with Crippen molar-refractivity contribution in [2.24, 2.45) is 5.73 Å². The molecule has 0 atom stereocenters. The Morgan fingerprint density at radius 1 is 1.10 bits per heavy atom. The Labute approximate surface area is 177 Å². The second-order valence-corrected chi connectivity index (χ2v) is 7.85. The first-order chi connectivity index (χ1) is 14.9. The fourth-order valence-corrected chi connectivity index (χ4v) is 4.32. The third-order valence-electron chi connectivity index (χ3n) is 5.67. The molecule has 3 heterocycles. The average molecular weight is 414 g/mol. The minimum atomic E-state index is -0.713. The number of nitrogens with two attached hydrogens (primary N) is 1. The monoisotopic (exact) mass is 414 g/mol. The van der Waals surface area contributed by atoms with Crippen LogP contribution in [0.25, 0.3) is 44.4 Å². The van der Waals surface area contributed by atoms with Crippen molar-refractivity contribution in [3.05, 3.63) is 58.6 Å². The number of carbonyl (C=O) groups excluding carboxylic acids is 1. The van der Waals surface area contributed by atoms with Gasteiger partial charge in [-0.1, -0.05) is 18.2 Å². The number of hydrogen-bond donors (Lipinski definition) is 2. The van der Waals surface area contributed by atoms with Crippen molar-refractivity contribution in [2.75, 3.05) is 0 Å². The van der Waals surface area contributed by atoms with E-state index in [0.29, 0.717) is 11.5 Å². The molecule has 0 bridgehead atoms. The van der Waals surface area contributed by atoms with E-state index in [1.165, 1.54) is 4.57 Å². The summed E-state index contributed by atoms with van der Waals surface area (Å²) >= 11 is 0. The molecule has 1 amide bonds. The normalized spacial score (nSPS) is 11.9. The summed E-state index contributed by atoms with van der Waals surface area (Å²) < 4.78 is 3.77. The summed E-state index contributed by atoms with van der Waals surface area (Å²) in [6.45, 7) is 6.73. The van der Waals surface area contributed by atoms with E-state index in [9.17, 15) is 9.59 Å². The summed E-state index contributed by atoms with van der Waals surface area (Å²) in [5.41, 5.74) is 8.90. The SMILES string of the molecule is CCn1c2ccccc2c2cc(-c3nc(C(N)=O)c4[nH]c(=O)n(C(C)C)c4n3)ccc21. The maximum absolute atomic E-state index is 12.4. The summed E-state index contributed by atoms with van der Waals surface area (Å²) in [7, 11) is 0. The fourth-order valence-electron chi connectivity index (χ4n) is 4.32. The summed E-state index contributed by atoms with van der Waals surface area (Å²) in [4.78, 5) is 36.3.